The van der Waals surface area contributed by atoms with Gasteiger partial charge in [-0.2, -0.15) is 0 Å². The van der Waals surface area contributed by atoms with E-state index in [1.807, 2.05) is 0 Å². The third-order valence-electron chi connectivity index (χ3n) is 1.56. The number of halogens is 2. The normalized spacial score (nSPS) is 10.3. The molecule has 1 aromatic heterocycles. The van der Waals surface area contributed by atoms with Crippen molar-refractivity contribution in [3.05, 3.63) is 36.2 Å². The van der Waals surface area contributed by atoms with Crippen molar-refractivity contribution in [2.75, 3.05) is 0 Å². The zero-order valence-corrected chi connectivity index (χ0v) is 6.38. The third-order valence-corrected chi connectivity index (χ3v) is 1.56. The molecule has 0 saturated heterocycles. The summed E-state index contributed by atoms with van der Waals surface area (Å²) in [5, 5.41) is 5.88. The molecule has 0 spiro atoms. The summed E-state index contributed by atoms with van der Waals surface area (Å²) in [6.07, 6.45) is 2.25. The first-order valence-corrected chi connectivity index (χ1v) is 3.51. The van der Waals surface area contributed by atoms with E-state index in [2.05, 4.69) is 21.5 Å². The van der Waals surface area contributed by atoms with Crippen LogP contribution in [0.2, 0.25) is 0 Å². The fourth-order valence-electron chi connectivity index (χ4n) is 0.980. The van der Waals surface area contributed by atoms with Gasteiger partial charge in [0.25, 0.3) is 0 Å². The van der Waals surface area contributed by atoms with Crippen LogP contribution in [0.3, 0.4) is 0 Å². The highest BCUT2D eigenvalue weighted by molar-refractivity contribution is 5.54. The van der Waals surface area contributed by atoms with Crippen LogP contribution in [0.5, 0.6) is 0 Å². The second-order valence-electron chi connectivity index (χ2n) is 2.41. The van der Waals surface area contributed by atoms with Gasteiger partial charge in [-0.25, -0.2) is 13.8 Å². The van der Waals surface area contributed by atoms with E-state index < -0.39 is 11.6 Å². The van der Waals surface area contributed by atoms with Gasteiger partial charge in [-0.05, 0) is 12.1 Å². The van der Waals surface area contributed by atoms with Crippen LogP contribution in [0, 0.1) is 18.0 Å². The molecule has 0 atom stereocenters. The first-order chi connectivity index (χ1) is 6.27. The van der Waals surface area contributed by atoms with E-state index >= 15 is 0 Å². The van der Waals surface area contributed by atoms with Crippen molar-refractivity contribution < 1.29 is 8.78 Å². The Morgan fingerprint density at radius 3 is 2.77 bits per heavy atom. The van der Waals surface area contributed by atoms with Gasteiger partial charge in [-0.15, -0.1) is 5.10 Å². The molecule has 0 bridgehead atoms. The summed E-state index contributed by atoms with van der Waals surface area (Å²) in [6, 6.07) is 3.23. The fourth-order valence-corrected chi connectivity index (χ4v) is 0.980. The number of nitrogens with one attached hydrogen (secondary N) is 1. The van der Waals surface area contributed by atoms with Crippen LogP contribution in [-0.2, 0) is 0 Å². The number of hydrogen-bond acceptors (Lipinski definition) is 2. The number of aromatic nitrogens is 3. The molecule has 1 N–H and O–H groups in total. The molecular formula is C8H4F2N3. The lowest BCUT2D eigenvalue weighted by Crippen LogP contribution is -1.87. The van der Waals surface area contributed by atoms with Crippen molar-refractivity contribution in [3.63, 3.8) is 0 Å². The van der Waals surface area contributed by atoms with Crippen LogP contribution in [0.4, 0.5) is 8.78 Å². The zero-order valence-electron chi connectivity index (χ0n) is 6.38. The van der Waals surface area contributed by atoms with Gasteiger partial charge in [0.1, 0.15) is 11.6 Å². The smallest absolute Gasteiger partial charge is 0.221 e. The highest BCUT2D eigenvalue weighted by atomic mass is 19.1. The minimum atomic E-state index is -0.676. The van der Waals surface area contributed by atoms with Gasteiger partial charge in [0.2, 0.25) is 6.33 Å². The zero-order chi connectivity index (χ0) is 9.26. The van der Waals surface area contributed by atoms with E-state index in [1.165, 1.54) is 6.07 Å². The molecule has 0 aliphatic heterocycles. The Balaban J connectivity index is 2.53. The summed E-state index contributed by atoms with van der Waals surface area (Å²) >= 11 is 0. The van der Waals surface area contributed by atoms with Crippen LogP contribution < -0.4 is 0 Å². The minimum Gasteiger partial charge on any atom is -0.258 e. The highest BCUT2D eigenvalue weighted by Crippen LogP contribution is 2.18. The predicted molar refractivity (Wildman–Crippen MR) is 40.6 cm³/mol. The molecule has 13 heavy (non-hydrogen) atoms. The van der Waals surface area contributed by atoms with Crippen LogP contribution in [0.1, 0.15) is 0 Å². The van der Waals surface area contributed by atoms with Crippen molar-refractivity contribution >= 4 is 0 Å². The Labute approximate surface area is 72.4 Å². The molecule has 3 nitrogen and oxygen atoms in total. The molecule has 2 aromatic rings. The Morgan fingerprint density at radius 2 is 2.15 bits per heavy atom. The summed E-state index contributed by atoms with van der Waals surface area (Å²) < 4.78 is 25.6. The standard InChI is InChI=1S/C8H4F2N3/c9-5-1-2-6(7(10)3-5)8-11-4-12-13-8/h1-3H,(H,11,12,13). The molecule has 1 heterocycles. The van der Waals surface area contributed by atoms with Gasteiger partial charge in [0.15, 0.2) is 5.82 Å². The summed E-state index contributed by atoms with van der Waals surface area (Å²) in [4.78, 5) is 3.62. The fraction of sp³-hybridized carbons (Fsp3) is 0. The van der Waals surface area contributed by atoms with E-state index in [1.54, 1.807) is 0 Å². The van der Waals surface area contributed by atoms with Gasteiger partial charge in [-0.1, -0.05) is 0 Å². The van der Waals surface area contributed by atoms with Gasteiger partial charge in [0, 0.05) is 6.07 Å². The molecule has 2 rings (SSSR count). The third kappa shape index (κ3) is 1.40. The number of benzene rings is 1. The lowest BCUT2D eigenvalue weighted by molar-refractivity contribution is 0.585. The highest BCUT2D eigenvalue weighted by Gasteiger charge is 2.07. The average Bonchev–Trinajstić information content (AvgIpc) is 2.56. The lowest BCUT2D eigenvalue weighted by atomic mass is 10.2. The summed E-state index contributed by atoms with van der Waals surface area (Å²) in [5.74, 6) is -1.06. The molecule has 1 radical (unpaired) electrons. The molecule has 5 heteroatoms. The van der Waals surface area contributed by atoms with Crippen LogP contribution >= 0.6 is 0 Å². The van der Waals surface area contributed by atoms with Gasteiger partial charge < -0.3 is 0 Å². The second-order valence-corrected chi connectivity index (χ2v) is 2.41. The number of H-pyrrole nitrogens is 1. The van der Waals surface area contributed by atoms with Gasteiger partial charge in [0.05, 0.1) is 5.56 Å². The molecule has 0 aliphatic rings. The minimum absolute atomic E-state index is 0.176. The maximum atomic E-state index is 13.1. The number of rotatable bonds is 1. The number of nitrogens with zero attached hydrogens (tertiary/aromatic N) is 2. The Bertz CT molecular complexity index is 411. The number of aromatic amines is 1. The molecule has 0 saturated carbocycles. The average molecular weight is 180 g/mol. The van der Waals surface area contributed by atoms with Crippen molar-refractivity contribution in [1.29, 1.82) is 0 Å². The topological polar surface area (TPSA) is 41.6 Å². The molecule has 0 unspecified atom stereocenters. The van der Waals surface area contributed by atoms with Crippen molar-refractivity contribution in [2.45, 2.75) is 0 Å². The summed E-state index contributed by atoms with van der Waals surface area (Å²) in [5.41, 5.74) is 0.176. The molecule has 0 amide bonds. The van der Waals surface area contributed by atoms with Crippen LogP contribution in [0.15, 0.2) is 18.2 Å². The van der Waals surface area contributed by atoms with E-state index in [4.69, 9.17) is 0 Å². The molecular weight excluding hydrogens is 176 g/mol. The Morgan fingerprint density at radius 1 is 1.31 bits per heavy atom. The second kappa shape index (κ2) is 2.93. The van der Waals surface area contributed by atoms with E-state index in [0.29, 0.717) is 0 Å². The van der Waals surface area contributed by atoms with Crippen molar-refractivity contribution in [3.8, 4) is 11.4 Å². The van der Waals surface area contributed by atoms with Gasteiger partial charge in [-0.3, -0.25) is 5.10 Å². The maximum Gasteiger partial charge on any atom is 0.221 e. The molecule has 0 fully saturated rings. The summed E-state index contributed by atoms with van der Waals surface area (Å²) in [7, 11) is 0. The SMILES string of the molecule is Fc1ccc(-c2n[c]n[nH]2)c(F)c1. The van der Waals surface area contributed by atoms with Crippen molar-refractivity contribution in [1.82, 2.24) is 15.2 Å². The Hall–Kier alpha value is -1.78. The largest absolute Gasteiger partial charge is 0.258 e. The molecule has 0 aliphatic carbocycles. The summed E-state index contributed by atoms with van der Waals surface area (Å²) in [6.45, 7) is 0. The monoisotopic (exact) mass is 180 g/mol. The van der Waals surface area contributed by atoms with E-state index in [0.717, 1.165) is 12.1 Å². The first-order valence-electron chi connectivity index (χ1n) is 3.51. The lowest BCUT2D eigenvalue weighted by Gasteiger charge is -1.97. The van der Waals surface area contributed by atoms with E-state index in [-0.39, 0.29) is 11.4 Å². The van der Waals surface area contributed by atoms with Crippen molar-refractivity contribution in [2.24, 2.45) is 0 Å². The number of hydrogen-bond donors (Lipinski definition) is 1. The Kier molecular flexibility index (Phi) is 1.77. The van der Waals surface area contributed by atoms with Crippen LogP contribution in [0.25, 0.3) is 11.4 Å². The molecule has 65 valence electrons. The maximum absolute atomic E-state index is 13.1. The quantitative estimate of drug-likeness (QED) is 0.723. The predicted octanol–water partition coefficient (Wildman–Crippen LogP) is 1.55. The van der Waals surface area contributed by atoms with E-state index in [9.17, 15) is 8.78 Å². The van der Waals surface area contributed by atoms with Gasteiger partial charge >= 0.3 is 0 Å². The first kappa shape index (κ1) is 7.85. The van der Waals surface area contributed by atoms with Crippen LogP contribution in [-0.4, -0.2) is 15.2 Å². The molecule has 1 aromatic carbocycles.